The third-order valence-corrected chi connectivity index (χ3v) is 4.18. The summed E-state index contributed by atoms with van der Waals surface area (Å²) < 4.78 is 5.26. The number of rotatable bonds is 7. The number of benzene rings is 3. The fourth-order valence-corrected chi connectivity index (χ4v) is 2.75. The highest BCUT2D eigenvalue weighted by molar-refractivity contribution is 5.96. The maximum Gasteiger partial charge on any atom is 0.411 e. The van der Waals surface area contributed by atoms with Crippen molar-refractivity contribution in [1.29, 1.82) is 0 Å². The first-order chi connectivity index (χ1) is 13.2. The molecule has 0 saturated carbocycles. The van der Waals surface area contributed by atoms with Gasteiger partial charge in [-0.2, -0.15) is 0 Å². The molecule has 3 aromatic carbocycles. The zero-order valence-electron chi connectivity index (χ0n) is 14.9. The molecule has 0 atom stereocenters. The van der Waals surface area contributed by atoms with Crippen LogP contribution in [0.3, 0.4) is 0 Å². The smallest absolute Gasteiger partial charge is 0.411 e. The molecule has 3 rings (SSSR count). The summed E-state index contributed by atoms with van der Waals surface area (Å²) in [6.07, 6.45) is 0.408. The van der Waals surface area contributed by atoms with Crippen molar-refractivity contribution in [3.05, 3.63) is 102 Å². The van der Waals surface area contributed by atoms with Gasteiger partial charge in [0, 0.05) is 17.7 Å². The van der Waals surface area contributed by atoms with E-state index in [4.69, 9.17) is 4.74 Å². The highest BCUT2D eigenvalue weighted by Crippen LogP contribution is 2.18. The van der Waals surface area contributed by atoms with Crippen molar-refractivity contribution in [2.45, 2.75) is 19.4 Å². The number of nitrogens with one attached hydrogen (secondary N) is 1. The van der Waals surface area contributed by atoms with Gasteiger partial charge in [-0.1, -0.05) is 78.9 Å². The van der Waals surface area contributed by atoms with E-state index in [9.17, 15) is 9.59 Å². The molecule has 4 heteroatoms. The van der Waals surface area contributed by atoms with Gasteiger partial charge in [0.05, 0.1) is 0 Å². The van der Waals surface area contributed by atoms with Gasteiger partial charge in [0.2, 0.25) is 0 Å². The number of para-hydroxylation sites is 1. The van der Waals surface area contributed by atoms with Gasteiger partial charge in [0.15, 0.2) is 5.78 Å². The van der Waals surface area contributed by atoms with Crippen LogP contribution in [0.25, 0.3) is 0 Å². The number of ether oxygens (including phenoxy) is 1. The third-order valence-electron chi connectivity index (χ3n) is 4.18. The molecule has 0 fully saturated rings. The van der Waals surface area contributed by atoms with Crippen molar-refractivity contribution in [1.82, 2.24) is 0 Å². The highest BCUT2D eigenvalue weighted by Gasteiger charge is 2.10. The summed E-state index contributed by atoms with van der Waals surface area (Å²) in [4.78, 5) is 24.4. The van der Waals surface area contributed by atoms with E-state index in [0.29, 0.717) is 24.1 Å². The van der Waals surface area contributed by atoms with Crippen LogP contribution in [0.15, 0.2) is 84.9 Å². The average molecular weight is 359 g/mol. The normalized spacial score (nSPS) is 10.2. The lowest BCUT2D eigenvalue weighted by Gasteiger charge is -2.11. The summed E-state index contributed by atoms with van der Waals surface area (Å²) in [5, 5.41) is 2.77. The van der Waals surface area contributed by atoms with Gasteiger partial charge in [-0.15, -0.1) is 0 Å². The molecule has 4 nitrogen and oxygen atoms in total. The minimum Gasteiger partial charge on any atom is -0.444 e. The topological polar surface area (TPSA) is 55.4 Å². The number of amides is 1. The van der Waals surface area contributed by atoms with Gasteiger partial charge in [0.25, 0.3) is 0 Å². The molecule has 0 aliphatic rings. The van der Waals surface area contributed by atoms with E-state index in [1.807, 2.05) is 84.9 Å². The molecule has 0 aliphatic carbocycles. The molecule has 1 amide bonds. The SMILES string of the molecule is O=C(Nc1ccccc1CCC(=O)c1ccccc1)OCc1ccccc1. The van der Waals surface area contributed by atoms with Crippen molar-refractivity contribution in [2.24, 2.45) is 0 Å². The number of Topliss-reactive ketones (excluding diaryl/α,β-unsaturated/α-hetero) is 1. The lowest BCUT2D eigenvalue weighted by Crippen LogP contribution is -2.15. The summed E-state index contributed by atoms with van der Waals surface area (Å²) in [5.74, 6) is 0.0806. The van der Waals surface area contributed by atoms with Gasteiger partial charge in [0.1, 0.15) is 6.61 Å². The summed E-state index contributed by atoms with van der Waals surface area (Å²) in [7, 11) is 0. The van der Waals surface area contributed by atoms with Crippen LogP contribution in [0.1, 0.15) is 27.9 Å². The third kappa shape index (κ3) is 5.54. The molecule has 0 aromatic heterocycles. The number of anilines is 1. The van der Waals surface area contributed by atoms with E-state index in [0.717, 1.165) is 11.1 Å². The molecule has 27 heavy (non-hydrogen) atoms. The fourth-order valence-electron chi connectivity index (χ4n) is 2.75. The first-order valence-corrected chi connectivity index (χ1v) is 8.86. The van der Waals surface area contributed by atoms with Crippen molar-refractivity contribution in [2.75, 3.05) is 5.32 Å². The molecule has 0 bridgehead atoms. The van der Waals surface area contributed by atoms with Crippen LogP contribution in [0.5, 0.6) is 0 Å². The Morgan fingerprint density at radius 1 is 0.778 bits per heavy atom. The largest absolute Gasteiger partial charge is 0.444 e. The molecular weight excluding hydrogens is 338 g/mol. The van der Waals surface area contributed by atoms with Crippen LogP contribution >= 0.6 is 0 Å². The van der Waals surface area contributed by atoms with Gasteiger partial charge in [-0.3, -0.25) is 10.1 Å². The predicted octanol–water partition coefficient (Wildman–Crippen LogP) is 5.25. The first-order valence-electron chi connectivity index (χ1n) is 8.86. The maximum atomic E-state index is 12.3. The average Bonchev–Trinajstić information content (AvgIpc) is 2.73. The minimum atomic E-state index is -0.513. The zero-order valence-corrected chi connectivity index (χ0v) is 14.9. The van der Waals surface area contributed by atoms with Crippen LogP contribution < -0.4 is 5.32 Å². The van der Waals surface area contributed by atoms with Gasteiger partial charge in [-0.25, -0.2) is 4.79 Å². The Bertz CT molecular complexity index is 892. The number of hydrogen-bond acceptors (Lipinski definition) is 3. The minimum absolute atomic E-state index is 0.0806. The van der Waals surface area contributed by atoms with E-state index < -0.39 is 6.09 Å². The lowest BCUT2D eigenvalue weighted by molar-refractivity contribution is 0.0983. The number of carbonyl (C=O) groups is 2. The second-order valence-corrected chi connectivity index (χ2v) is 6.13. The molecule has 1 N–H and O–H groups in total. The van der Waals surface area contributed by atoms with E-state index in [-0.39, 0.29) is 12.4 Å². The second-order valence-electron chi connectivity index (χ2n) is 6.13. The molecule has 3 aromatic rings. The molecular formula is C23H21NO3. The molecule has 0 heterocycles. The fraction of sp³-hybridized carbons (Fsp3) is 0.130. The zero-order chi connectivity index (χ0) is 18.9. The number of ketones is 1. The Labute approximate surface area is 158 Å². The quantitative estimate of drug-likeness (QED) is 0.586. The Balaban J connectivity index is 1.57. The highest BCUT2D eigenvalue weighted by atomic mass is 16.5. The van der Waals surface area contributed by atoms with Gasteiger partial charge >= 0.3 is 6.09 Å². The van der Waals surface area contributed by atoms with Gasteiger partial charge in [-0.05, 0) is 23.6 Å². The van der Waals surface area contributed by atoms with Crippen LogP contribution in [0.4, 0.5) is 10.5 Å². The van der Waals surface area contributed by atoms with E-state index in [1.165, 1.54) is 0 Å². The second kappa shape index (κ2) is 9.34. The van der Waals surface area contributed by atoms with Gasteiger partial charge < -0.3 is 4.74 Å². The predicted molar refractivity (Wildman–Crippen MR) is 106 cm³/mol. The van der Waals surface area contributed by atoms with Crippen molar-refractivity contribution in [3.63, 3.8) is 0 Å². The van der Waals surface area contributed by atoms with E-state index in [2.05, 4.69) is 5.32 Å². The maximum absolute atomic E-state index is 12.3. The van der Waals surface area contributed by atoms with Crippen molar-refractivity contribution >= 4 is 17.6 Å². The Morgan fingerprint density at radius 2 is 1.41 bits per heavy atom. The molecule has 0 radical (unpaired) electrons. The van der Waals surface area contributed by atoms with Crippen molar-refractivity contribution < 1.29 is 14.3 Å². The summed E-state index contributed by atoms with van der Waals surface area (Å²) in [6, 6.07) is 26.2. The summed E-state index contributed by atoms with van der Waals surface area (Å²) in [6.45, 7) is 0.210. The summed E-state index contributed by atoms with van der Waals surface area (Å²) >= 11 is 0. The van der Waals surface area contributed by atoms with Crippen LogP contribution in [-0.2, 0) is 17.8 Å². The molecule has 0 saturated heterocycles. The molecule has 0 spiro atoms. The van der Waals surface area contributed by atoms with E-state index in [1.54, 1.807) is 0 Å². The summed E-state index contributed by atoms with van der Waals surface area (Å²) in [5.41, 5.74) is 3.19. The Morgan fingerprint density at radius 3 is 2.15 bits per heavy atom. The number of aryl methyl sites for hydroxylation is 1. The standard InChI is InChI=1S/C23H21NO3/c25-22(20-12-5-2-6-13-20)16-15-19-11-7-8-14-21(19)24-23(26)27-17-18-9-3-1-4-10-18/h1-14H,15-17H2,(H,24,26). The molecule has 0 aliphatic heterocycles. The Kier molecular flexibility index (Phi) is 6.36. The number of hydrogen-bond donors (Lipinski definition) is 1. The Hall–Kier alpha value is -3.40. The van der Waals surface area contributed by atoms with Crippen LogP contribution in [0.2, 0.25) is 0 Å². The van der Waals surface area contributed by atoms with E-state index >= 15 is 0 Å². The van der Waals surface area contributed by atoms with Crippen LogP contribution in [0, 0.1) is 0 Å². The van der Waals surface area contributed by atoms with Crippen molar-refractivity contribution in [3.8, 4) is 0 Å². The first kappa shape index (κ1) is 18.4. The molecule has 0 unspecified atom stereocenters. The van der Waals surface area contributed by atoms with Crippen LogP contribution in [-0.4, -0.2) is 11.9 Å². The molecule has 136 valence electrons. The lowest BCUT2D eigenvalue weighted by atomic mass is 10.0. The monoisotopic (exact) mass is 359 g/mol. The number of carbonyl (C=O) groups excluding carboxylic acids is 2.